The van der Waals surface area contributed by atoms with Gasteiger partial charge in [-0.2, -0.15) is 0 Å². The quantitative estimate of drug-likeness (QED) is 0.566. The Balaban J connectivity index is 1.91. The third-order valence-corrected chi connectivity index (χ3v) is 3.89. The predicted octanol–water partition coefficient (Wildman–Crippen LogP) is 1.65. The summed E-state index contributed by atoms with van der Waals surface area (Å²) in [4.78, 5) is 4.47. The fourth-order valence-electron chi connectivity index (χ4n) is 2.91. The first-order valence-electron chi connectivity index (χ1n) is 8.58. The number of allylic oxidation sites excluding steroid dienone is 2. The van der Waals surface area contributed by atoms with Crippen LogP contribution >= 0.6 is 0 Å². The van der Waals surface area contributed by atoms with Gasteiger partial charge in [0.15, 0.2) is 0 Å². The van der Waals surface area contributed by atoms with Crippen molar-refractivity contribution in [2.24, 2.45) is 0 Å². The molecular weight excluding hydrogens is 300 g/mol. The van der Waals surface area contributed by atoms with Crippen LogP contribution in [0.25, 0.3) is 0 Å². The molecule has 0 aromatic carbocycles. The largest absolute Gasteiger partial charge is 0.392 e. The van der Waals surface area contributed by atoms with Gasteiger partial charge >= 0.3 is 0 Å². The van der Waals surface area contributed by atoms with E-state index in [9.17, 15) is 10.2 Å². The van der Waals surface area contributed by atoms with Crippen LogP contribution in [0.3, 0.4) is 0 Å². The second-order valence-corrected chi connectivity index (χ2v) is 6.56. The second-order valence-electron chi connectivity index (χ2n) is 6.56. The van der Waals surface area contributed by atoms with Crippen molar-refractivity contribution in [3.05, 3.63) is 59.1 Å². The van der Waals surface area contributed by atoms with E-state index in [1.54, 1.807) is 0 Å². The molecular formula is C20H28N2O2. The van der Waals surface area contributed by atoms with E-state index in [1.807, 2.05) is 38.2 Å². The number of aliphatic hydroxyl groups is 2. The Labute approximate surface area is 145 Å². The summed E-state index contributed by atoms with van der Waals surface area (Å²) < 4.78 is 0. The summed E-state index contributed by atoms with van der Waals surface area (Å²) in [5.41, 5.74) is 8.71. The minimum absolute atomic E-state index is 0.367. The molecule has 0 radical (unpaired) electrons. The van der Waals surface area contributed by atoms with Crippen LogP contribution in [-0.4, -0.2) is 71.5 Å². The lowest BCUT2D eigenvalue weighted by atomic mass is 10.2. The molecule has 4 heteroatoms. The average molecular weight is 328 g/mol. The predicted molar refractivity (Wildman–Crippen MR) is 97.7 cm³/mol. The minimum atomic E-state index is -0.367. The van der Waals surface area contributed by atoms with Crippen LogP contribution in [0.2, 0.25) is 0 Å². The molecule has 0 aromatic heterocycles. The Hall–Kier alpha value is -1.64. The topological polar surface area (TPSA) is 46.9 Å². The van der Waals surface area contributed by atoms with Crippen molar-refractivity contribution in [3.8, 4) is 0 Å². The summed E-state index contributed by atoms with van der Waals surface area (Å²) >= 11 is 0. The Morgan fingerprint density at radius 2 is 1.25 bits per heavy atom. The zero-order valence-corrected chi connectivity index (χ0v) is 14.7. The number of nitrogens with zero attached hydrogens (tertiary/aromatic N) is 2. The third kappa shape index (κ3) is 6.86. The van der Waals surface area contributed by atoms with Gasteiger partial charge in [0.05, 0.1) is 12.2 Å². The van der Waals surface area contributed by atoms with Gasteiger partial charge in [-0.25, -0.2) is 0 Å². The van der Waals surface area contributed by atoms with Crippen LogP contribution in [0.5, 0.6) is 0 Å². The van der Waals surface area contributed by atoms with Gasteiger partial charge in [-0.05, 0) is 38.2 Å². The van der Waals surface area contributed by atoms with Gasteiger partial charge in [0.25, 0.3) is 0 Å². The molecule has 0 saturated carbocycles. The number of hydrogen-bond acceptors (Lipinski definition) is 4. The van der Waals surface area contributed by atoms with Crippen LogP contribution in [0.15, 0.2) is 59.1 Å². The normalized spacial score (nSPS) is 17.9. The maximum absolute atomic E-state index is 9.76. The molecule has 24 heavy (non-hydrogen) atoms. The van der Waals surface area contributed by atoms with Gasteiger partial charge in [0, 0.05) is 50.4 Å². The zero-order valence-electron chi connectivity index (χ0n) is 14.7. The van der Waals surface area contributed by atoms with Gasteiger partial charge in [-0.3, -0.25) is 9.80 Å². The Morgan fingerprint density at radius 3 is 1.54 bits per heavy atom. The maximum Gasteiger partial charge on any atom is 0.0639 e. The van der Waals surface area contributed by atoms with Crippen molar-refractivity contribution in [2.75, 3.05) is 39.3 Å². The van der Waals surface area contributed by atoms with Gasteiger partial charge in [-0.15, -0.1) is 11.5 Å². The molecule has 0 heterocycles. The molecule has 4 nitrogen and oxygen atoms in total. The van der Waals surface area contributed by atoms with E-state index in [0.29, 0.717) is 13.1 Å². The fourth-order valence-corrected chi connectivity index (χ4v) is 2.91. The van der Waals surface area contributed by atoms with Crippen molar-refractivity contribution < 1.29 is 10.2 Å². The molecule has 0 saturated heterocycles. The highest BCUT2D eigenvalue weighted by molar-refractivity contribution is 5.30. The molecule has 0 aromatic rings. The SMILES string of the molecule is CC(O)CN(CCN(CC1=C=CC=C1)CC(C)O)CC1=C=CC=C1. The van der Waals surface area contributed by atoms with Gasteiger partial charge in [0.2, 0.25) is 0 Å². The van der Waals surface area contributed by atoms with Crippen LogP contribution in [0.1, 0.15) is 13.8 Å². The first-order chi connectivity index (χ1) is 11.5. The van der Waals surface area contributed by atoms with E-state index < -0.39 is 0 Å². The molecule has 0 bridgehead atoms. The first-order valence-corrected chi connectivity index (χ1v) is 8.58. The molecule has 2 atom stereocenters. The van der Waals surface area contributed by atoms with E-state index in [4.69, 9.17) is 0 Å². The third-order valence-electron chi connectivity index (χ3n) is 3.89. The lowest BCUT2D eigenvalue weighted by Gasteiger charge is -2.29. The molecule has 0 spiro atoms. The van der Waals surface area contributed by atoms with Crippen LogP contribution < -0.4 is 0 Å². The molecule has 2 N–H and O–H groups in total. The molecule has 0 amide bonds. The van der Waals surface area contributed by atoms with Crippen molar-refractivity contribution in [1.29, 1.82) is 0 Å². The van der Waals surface area contributed by atoms with Crippen LogP contribution in [0.4, 0.5) is 0 Å². The highest BCUT2D eigenvalue weighted by atomic mass is 16.3. The Bertz CT molecular complexity index is 547. The molecule has 2 aliphatic rings. The Morgan fingerprint density at radius 1 is 0.833 bits per heavy atom. The number of hydrogen-bond donors (Lipinski definition) is 2. The minimum Gasteiger partial charge on any atom is -0.392 e. The van der Waals surface area contributed by atoms with Crippen molar-refractivity contribution in [2.45, 2.75) is 26.1 Å². The molecule has 0 aliphatic heterocycles. The van der Waals surface area contributed by atoms with Gasteiger partial charge in [-0.1, -0.05) is 12.2 Å². The van der Waals surface area contributed by atoms with Gasteiger partial charge < -0.3 is 10.2 Å². The lowest BCUT2D eigenvalue weighted by molar-refractivity contribution is 0.104. The van der Waals surface area contributed by atoms with Crippen LogP contribution in [0, 0.1) is 0 Å². The maximum atomic E-state index is 9.76. The molecule has 2 unspecified atom stereocenters. The summed E-state index contributed by atoms with van der Waals surface area (Å²) in [7, 11) is 0. The smallest absolute Gasteiger partial charge is 0.0639 e. The molecule has 2 aliphatic carbocycles. The monoisotopic (exact) mass is 328 g/mol. The van der Waals surface area contributed by atoms with Crippen molar-refractivity contribution in [1.82, 2.24) is 9.80 Å². The van der Waals surface area contributed by atoms with E-state index in [-0.39, 0.29) is 12.2 Å². The molecule has 0 fully saturated rings. The lowest BCUT2D eigenvalue weighted by Crippen LogP contribution is -2.41. The molecule has 2 rings (SSSR count). The summed E-state index contributed by atoms with van der Waals surface area (Å²) in [6.45, 7) is 8.11. The van der Waals surface area contributed by atoms with E-state index in [0.717, 1.165) is 37.3 Å². The van der Waals surface area contributed by atoms with Crippen molar-refractivity contribution >= 4 is 0 Å². The van der Waals surface area contributed by atoms with Gasteiger partial charge in [0.1, 0.15) is 0 Å². The summed E-state index contributed by atoms with van der Waals surface area (Å²) in [6, 6.07) is 0. The number of rotatable bonds is 11. The highest BCUT2D eigenvalue weighted by Crippen LogP contribution is 2.09. The Kier molecular flexibility index (Phi) is 7.48. The summed E-state index contributed by atoms with van der Waals surface area (Å²) in [6.07, 6.45) is 11.2. The average Bonchev–Trinajstić information content (AvgIpc) is 3.17. The standard InChI is InChI=1S/C20H28N2O2/c1-17(23)13-21(15-19-7-3-4-8-19)11-12-22(14-18(2)24)16-20-9-5-6-10-20/h3-7,9,17-18,23-24H,11-16H2,1-2H3. The highest BCUT2D eigenvalue weighted by Gasteiger charge is 2.15. The van der Waals surface area contributed by atoms with E-state index in [2.05, 4.69) is 33.4 Å². The van der Waals surface area contributed by atoms with E-state index >= 15 is 0 Å². The first kappa shape index (κ1) is 18.7. The van der Waals surface area contributed by atoms with Crippen LogP contribution in [-0.2, 0) is 0 Å². The zero-order chi connectivity index (χ0) is 17.4. The van der Waals surface area contributed by atoms with E-state index in [1.165, 1.54) is 0 Å². The van der Waals surface area contributed by atoms with Crippen molar-refractivity contribution in [3.63, 3.8) is 0 Å². The fraction of sp³-hybridized carbons (Fsp3) is 0.500. The second kappa shape index (κ2) is 9.61. The summed E-state index contributed by atoms with van der Waals surface area (Å²) in [5, 5.41) is 19.5. The molecule has 130 valence electrons. The summed E-state index contributed by atoms with van der Waals surface area (Å²) in [5.74, 6) is 0. The number of aliphatic hydroxyl groups excluding tert-OH is 2.